The Morgan fingerprint density at radius 2 is 1.42 bits per heavy atom. The molecular weight excluding hydrogens is 408 g/mol. The second-order valence-corrected chi connectivity index (χ2v) is 10.5. The predicted molar refractivity (Wildman–Crippen MR) is 139 cm³/mol. The molecular formula is C30H40O3. The number of rotatable bonds is 4. The van der Waals surface area contributed by atoms with Crippen molar-refractivity contribution in [1.29, 1.82) is 0 Å². The van der Waals surface area contributed by atoms with Crippen LogP contribution in [0.4, 0.5) is 0 Å². The Kier molecular flexibility index (Phi) is 8.05. The van der Waals surface area contributed by atoms with E-state index >= 15 is 0 Å². The van der Waals surface area contributed by atoms with Crippen LogP contribution in [-0.2, 0) is 6.42 Å². The maximum absolute atomic E-state index is 12.0. The fourth-order valence-electron chi connectivity index (χ4n) is 4.09. The molecule has 0 saturated heterocycles. The number of ether oxygens (including phenoxy) is 1. The summed E-state index contributed by atoms with van der Waals surface area (Å²) in [6.07, 6.45) is 2.72. The smallest absolute Gasteiger partial charge is 0.192 e. The first-order chi connectivity index (χ1) is 15.6. The second kappa shape index (κ2) is 10.6. The van der Waals surface area contributed by atoms with Gasteiger partial charge in [-0.3, -0.25) is 4.79 Å². The van der Waals surface area contributed by atoms with Crippen molar-refractivity contribution in [3.05, 3.63) is 75.1 Å². The van der Waals surface area contributed by atoms with Gasteiger partial charge in [-0.1, -0.05) is 73.6 Å². The first-order valence-corrected chi connectivity index (χ1v) is 12.4. The van der Waals surface area contributed by atoms with E-state index < -0.39 is 0 Å². The predicted octanol–water partition coefficient (Wildman–Crippen LogP) is 8.20. The Morgan fingerprint density at radius 1 is 0.788 bits per heavy atom. The minimum atomic E-state index is 0.0532. The van der Waals surface area contributed by atoms with Crippen molar-refractivity contribution in [2.24, 2.45) is 5.92 Å². The zero-order chi connectivity index (χ0) is 24.3. The fraction of sp³-hybridized carbons (Fsp3) is 0.500. The monoisotopic (exact) mass is 448 g/mol. The van der Waals surface area contributed by atoms with Crippen LogP contribution in [0.3, 0.4) is 0 Å². The van der Waals surface area contributed by atoms with Gasteiger partial charge in [-0.2, -0.15) is 0 Å². The molecule has 2 heterocycles. The maximum Gasteiger partial charge on any atom is 0.192 e. The molecule has 1 aliphatic heterocycles. The largest absolute Gasteiger partial charge is 0.490 e. The Bertz CT molecular complexity index is 1130. The molecule has 4 rings (SSSR count). The van der Waals surface area contributed by atoms with E-state index in [0.29, 0.717) is 34.8 Å². The molecule has 3 heteroatoms. The molecule has 0 radical (unpaired) electrons. The summed E-state index contributed by atoms with van der Waals surface area (Å²) in [5.74, 6) is 3.72. The third-order valence-corrected chi connectivity index (χ3v) is 6.48. The zero-order valence-corrected chi connectivity index (χ0v) is 21.6. The van der Waals surface area contributed by atoms with Crippen LogP contribution in [0.25, 0.3) is 11.0 Å². The molecule has 0 N–H and O–H groups in total. The van der Waals surface area contributed by atoms with Gasteiger partial charge in [0.2, 0.25) is 0 Å². The van der Waals surface area contributed by atoms with Crippen molar-refractivity contribution in [1.82, 2.24) is 0 Å². The van der Waals surface area contributed by atoms with Crippen molar-refractivity contribution in [3.63, 3.8) is 0 Å². The van der Waals surface area contributed by atoms with Crippen molar-refractivity contribution in [2.45, 2.75) is 92.1 Å². The van der Waals surface area contributed by atoms with E-state index in [-0.39, 0.29) is 11.3 Å². The summed E-state index contributed by atoms with van der Waals surface area (Å²) in [5.41, 5.74) is 4.72. The van der Waals surface area contributed by atoms with Crippen molar-refractivity contribution < 1.29 is 9.15 Å². The fourth-order valence-corrected chi connectivity index (χ4v) is 4.09. The second-order valence-electron chi connectivity index (χ2n) is 10.5. The lowest BCUT2D eigenvalue weighted by molar-refractivity contribution is 0.127. The van der Waals surface area contributed by atoms with E-state index in [2.05, 4.69) is 59.7 Å². The van der Waals surface area contributed by atoms with Crippen LogP contribution in [0.1, 0.15) is 102 Å². The SMILES string of the molecule is CC(C)c1ccc2c(c1)CCC(C(C)C)O2.CC(C)c1ccc2oc(C(C)C)cc(=O)c2c1. The zero-order valence-electron chi connectivity index (χ0n) is 21.6. The Balaban J connectivity index is 0.000000186. The lowest BCUT2D eigenvalue weighted by Crippen LogP contribution is -2.27. The normalized spacial score (nSPS) is 15.6. The summed E-state index contributed by atoms with van der Waals surface area (Å²) in [6, 6.07) is 14.1. The van der Waals surface area contributed by atoms with Gasteiger partial charge in [0.15, 0.2) is 5.43 Å². The maximum atomic E-state index is 12.0. The number of hydrogen-bond donors (Lipinski definition) is 0. The van der Waals surface area contributed by atoms with E-state index in [4.69, 9.17) is 9.15 Å². The van der Waals surface area contributed by atoms with Gasteiger partial charge < -0.3 is 9.15 Å². The quantitative estimate of drug-likeness (QED) is 0.404. The van der Waals surface area contributed by atoms with Gasteiger partial charge in [0.25, 0.3) is 0 Å². The number of benzene rings is 2. The van der Waals surface area contributed by atoms with Gasteiger partial charge in [-0.15, -0.1) is 0 Å². The third-order valence-electron chi connectivity index (χ3n) is 6.48. The highest BCUT2D eigenvalue weighted by molar-refractivity contribution is 5.77. The molecule has 2 aromatic carbocycles. The number of hydrogen-bond acceptors (Lipinski definition) is 3. The van der Waals surface area contributed by atoms with Crippen LogP contribution in [0.5, 0.6) is 5.75 Å². The van der Waals surface area contributed by atoms with Crippen molar-refractivity contribution >= 4 is 11.0 Å². The Hall–Kier alpha value is -2.55. The summed E-state index contributed by atoms with van der Waals surface area (Å²) >= 11 is 0. The van der Waals surface area contributed by atoms with E-state index in [1.165, 1.54) is 23.1 Å². The Morgan fingerprint density at radius 3 is 2.03 bits per heavy atom. The summed E-state index contributed by atoms with van der Waals surface area (Å²) in [4.78, 5) is 12.0. The molecule has 3 nitrogen and oxygen atoms in total. The van der Waals surface area contributed by atoms with Gasteiger partial charge in [0, 0.05) is 12.0 Å². The van der Waals surface area contributed by atoms with Crippen LogP contribution in [0.15, 0.2) is 51.7 Å². The summed E-state index contributed by atoms with van der Waals surface area (Å²) in [5, 5.41) is 0.681. The van der Waals surface area contributed by atoms with Gasteiger partial charge in [0.05, 0.1) is 5.39 Å². The van der Waals surface area contributed by atoms with Crippen molar-refractivity contribution in [3.8, 4) is 5.75 Å². The highest BCUT2D eigenvalue weighted by Crippen LogP contribution is 2.32. The topological polar surface area (TPSA) is 39.4 Å². The molecule has 1 atom stereocenters. The Labute approximate surface area is 199 Å². The lowest BCUT2D eigenvalue weighted by atomic mass is 9.92. The van der Waals surface area contributed by atoms with Gasteiger partial charge in [-0.25, -0.2) is 0 Å². The lowest BCUT2D eigenvalue weighted by Gasteiger charge is -2.29. The molecule has 1 aliphatic rings. The standard InChI is InChI=1S/C15H18O2.C15H22O/c1-9(2)11-5-6-14-12(7-11)13(16)8-15(17-14)10(3)4;1-10(2)12-5-8-15-13(9-12)6-7-14(16-15)11(3)4/h5-10H,1-4H3;5,8-11,14H,6-7H2,1-4H3. The minimum absolute atomic E-state index is 0.0532. The molecule has 178 valence electrons. The highest BCUT2D eigenvalue weighted by atomic mass is 16.5. The summed E-state index contributed by atoms with van der Waals surface area (Å²) < 4.78 is 11.8. The van der Waals surface area contributed by atoms with Gasteiger partial charge >= 0.3 is 0 Å². The van der Waals surface area contributed by atoms with Crippen LogP contribution in [0.2, 0.25) is 0 Å². The molecule has 0 spiro atoms. The highest BCUT2D eigenvalue weighted by Gasteiger charge is 2.22. The number of fused-ring (bicyclic) bond motifs is 2. The third kappa shape index (κ3) is 6.07. The first kappa shape index (κ1) is 25.1. The van der Waals surface area contributed by atoms with Gasteiger partial charge in [0.1, 0.15) is 23.2 Å². The molecule has 1 aromatic heterocycles. The average molecular weight is 449 g/mol. The molecule has 0 aliphatic carbocycles. The van der Waals surface area contributed by atoms with E-state index in [1.54, 1.807) is 6.07 Å². The number of aryl methyl sites for hydroxylation is 1. The average Bonchev–Trinajstić information content (AvgIpc) is 2.78. The van der Waals surface area contributed by atoms with E-state index in [1.807, 2.05) is 32.0 Å². The molecule has 1 unspecified atom stereocenters. The van der Waals surface area contributed by atoms with E-state index in [0.717, 1.165) is 17.9 Å². The van der Waals surface area contributed by atoms with Crippen LogP contribution < -0.4 is 10.2 Å². The van der Waals surface area contributed by atoms with Crippen molar-refractivity contribution in [2.75, 3.05) is 0 Å². The van der Waals surface area contributed by atoms with Crippen LogP contribution >= 0.6 is 0 Å². The molecule has 0 saturated carbocycles. The molecule has 0 amide bonds. The molecule has 0 bridgehead atoms. The summed E-state index contributed by atoms with van der Waals surface area (Å²) in [7, 11) is 0. The molecule has 3 aromatic rings. The molecule has 0 fully saturated rings. The first-order valence-electron chi connectivity index (χ1n) is 12.4. The molecule has 33 heavy (non-hydrogen) atoms. The van der Waals surface area contributed by atoms with Crippen LogP contribution in [-0.4, -0.2) is 6.10 Å². The summed E-state index contributed by atoms with van der Waals surface area (Å²) in [6.45, 7) is 17.2. The van der Waals surface area contributed by atoms with E-state index in [9.17, 15) is 4.79 Å². The minimum Gasteiger partial charge on any atom is -0.490 e. The van der Waals surface area contributed by atoms with Gasteiger partial charge in [-0.05, 0) is 65.5 Å². The van der Waals surface area contributed by atoms with Crippen LogP contribution in [0, 0.1) is 5.92 Å².